The van der Waals surface area contributed by atoms with Crippen LogP contribution in [0.4, 0.5) is 0 Å². The molecule has 1 aromatic carbocycles. The van der Waals surface area contributed by atoms with Crippen molar-refractivity contribution in [2.75, 3.05) is 0 Å². The summed E-state index contributed by atoms with van der Waals surface area (Å²) in [6.07, 6.45) is 6.32. The molecular weight excluding hydrogens is 328 g/mol. The first-order valence-electron chi connectivity index (χ1n) is 8.16. The Morgan fingerprint density at radius 2 is 1.12 bits per heavy atom. The van der Waals surface area contributed by atoms with E-state index in [2.05, 4.69) is 20.6 Å². The van der Waals surface area contributed by atoms with E-state index in [1.165, 1.54) is 12.4 Å². The maximum Gasteiger partial charge on any atom is 0.253 e. The van der Waals surface area contributed by atoms with Crippen molar-refractivity contribution in [1.29, 1.82) is 0 Å². The van der Waals surface area contributed by atoms with Gasteiger partial charge in [0.25, 0.3) is 11.8 Å². The normalized spacial score (nSPS) is 10.2. The molecule has 6 heteroatoms. The van der Waals surface area contributed by atoms with Gasteiger partial charge >= 0.3 is 0 Å². The SMILES string of the molecule is O=C(NCc1ccc(CNC(=O)c2cccnc2)cc1)c1cccnc1. The highest BCUT2D eigenvalue weighted by Crippen LogP contribution is 2.06. The average molecular weight is 346 g/mol. The number of carbonyl (C=O) groups is 2. The van der Waals surface area contributed by atoms with E-state index in [0.717, 1.165) is 11.1 Å². The molecule has 3 rings (SSSR count). The molecule has 0 saturated carbocycles. The second-order valence-electron chi connectivity index (χ2n) is 5.67. The van der Waals surface area contributed by atoms with Gasteiger partial charge in [-0.15, -0.1) is 0 Å². The first-order chi connectivity index (χ1) is 12.7. The molecule has 0 atom stereocenters. The standard InChI is InChI=1S/C20H18N4O2/c25-19(17-3-1-9-21-13-17)23-11-15-5-7-16(8-6-15)12-24-20(26)18-4-2-10-22-14-18/h1-10,13-14H,11-12H2,(H,23,25)(H,24,26). The number of carbonyl (C=O) groups excluding carboxylic acids is 2. The maximum atomic E-state index is 12.0. The van der Waals surface area contributed by atoms with Gasteiger partial charge in [0.05, 0.1) is 11.1 Å². The van der Waals surface area contributed by atoms with Gasteiger partial charge in [-0.05, 0) is 35.4 Å². The van der Waals surface area contributed by atoms with Gasteiger partial charge in [0, 0.05) is 37.9 Å². The lowest BCUT2D eigenvalue weighted by molar-refractivity contribution is 0.0942. The number of nitrogens with one attached hydrogen (secondary N) is 2. The zero-order valence-electron chi connectivity index (χ0n) is 14.1. The lowest BCUT2D eigenvalue weighted by atomic mass is 10.1. The van der Waals surface area contributed by atoms with Crippen LogP contribution in [-0.4, -0.2) is 21.8 Å². The largest absolute Gasteiger partial charge is 0.348 e. The molecular formula is C20H18N4O2. The molecule has 130 valence electrons. The van der Waals surface area contributed by atoms with Crippen LogP contribution in [0.25, 0.3) is 0 Å². The van der Waals surface area contributed by atoms with Crippen LogP contribution in [-0.2, 0) is 13.1 Å². The molecule has 0 unspecified atom stereocenters. The summed E-state index contributed by atoms with van der Waals surface area (Å²) < 4.78 is 0. The fourth-order valence-electron chi connectivity index (χ4n) is 2.34. The summed E-state index contributed by atoms with van der Waals surface area (Å²) in [4.78, 5) is 31.8. The number of rotatable bonds is 6. The Hall–Kier alpha value is -3.54. The monoisotopic (exact) mass is 346 g/mol. The number of nitrogens with zero attached hydrogens (tertiary/aromatic N) is 2. The highest BCUT2D eigenvalue weighted by Gasteiger charge is 2.06. The molecule has 0 radical (unpaired) electrons. The average Bonchev–Trinajstić information content (AvgIpc) is 2.72. The molecule has 2 aromatic heterocycles. The Morgan fingerprint density at radius 1 is 0.692 bits per heavy atom. The lowest BCUT2D eigenvalue weighted by Gasteiger charge is -2.08. The fraction of sp³-hybridized carbons (Fsp3) is 0.100. The van der Waals surface area contributed by atoms with Gasteiger partial charge in [-0.25, -0.2) is 0 Å². The van der Waals surface area contributed by atoms with Crippen molar-refractivity contribution in [3.63, 3.8) is 0 Å². The quantitative estimate of drug-likeness (QED) is 0.717. The van der Waals surface area contributed by atoms with Gasteiger partial charge in [0.15, 0.2) is 0 Å². The molecule has 2 heterocycles. The van der Waals surface area contributed by atoms with Crippen molar-refractivity contribution in [3.05, 3.63) is 95.6 Å². The molecule has 0 saturated heterocycles. The third-order valence-corrected chi connectivity index (χ3v) is 3.78. The number of pyridine rings is 2. The molecule has 0 spiro atoms. The summed E-state index contributed by atoms with van der Waals surface area (Å²) in [5.41, 5.74) is 3.01. The molecule has 0 aliphatic heterocycles. The Morgan fingerprint density at radius 3 is 1.46 bits per heavy atom. The second kappa shape index (κ2) is 8.53. The van der Waals surface area contributed by atoms with E-state index in [-0.39, 0.29) is 11.8 Å². The van der Waals surface area contributed by atoms with Gasteiger partial charge in [-0.2, -0.15) is 0 Å². The number of amides is 2. The summed E-state index contributed by atoms with van der Waals surface area (Å²) in [6, 6.07) is 14.6. The number of hydrogen-bond acceptors (Lipinski definition) is 4. The highest BCUT2D eigenvalue weighted by molar-refractivity contribution is 5.94. The van der Waals surface area contributed by atoms with Gasteiger partial charge < -0.3 is 10.6 Å². The fourth-order valence-corrected chi connectivity index (χ4v) is 2.34. The smallest absolute Gasteiger partial charge is 0.253 e. The Bertz CT molecular complexity index is 791. The van der Waals surface area contributed by atoms with Crippen LogP contribution in [0.3, 0.4) is 0 Å². The van der Waals surface area contributed by atoms with E-state index >= 15 is 0 Å². The summed E-state index contributed by atoms with van der Waals surface area (Å²) >= 11 is 0. The van der Waals surface area contributed by atoms with Crippen LogP contribution in [0.5, 0.6) is 0 Å². The lowest BCUT2D eigenvalue weighted by Crippen LogP contribution is -2.23. The minimum absolute atomic E-state index is 0.161. The molecule has 6 nitrogen and oxygen atoms in total. The van der Waals surface area contributed by atoms with Crippen LogP contribution in [0.1, 0.15) is 31.8 Å². The summed E-state index contributed by atoms with van der Waals surface area (Å²) in [7, 11) is 0. The Balaban J connectivity index is 1.49. The molecule has 0 fully saturated rings. The minimum Gasteiger partial charge on any atom is -0.348 e. The van der Waals surface area contributed by atoms with Crippen LogP contribution in [0, 0.1) is 0 Å². The number of benzene rings is 1. The second-order valence-corrected chi connectivity index (χ2v) is 5.67. The molecule has 2 N–H and O–H groups in total. The van der Waals surface area contributed by atoms with Crippen LogP contribution in [0.15, 0.2) is 73.3 Å². The minimum atomic E-state index is -0.161. The van der Waals surface area contributed by atoms with Crippen LogP contribution < -0.4 is 10.6 Å². The number of aromatic nitrogens is 2. The van der Waals surface area contributed by atoms with Crippen LogP contribution in [0.2, 0.25) is 0 Å². The Labute approximate surface area is 151 Å². The predicted molar refractivity (Wildman–Crippen MR) is 97.3 cm³/mol. The van der Waals surface area contributed by atoms with Crippen molar-refractivity contribution in [3.8, 4) is 0 Å². The van der Waals surface area contributed by atoms with Crippen molar-refractivity contribution < 1.29 is 9.59 Å². The van der Waals surface area contributed by atoms with E-state index in [4.69, 9.17) is 0 Å². The van der Waals surface area contributed by atoms with E-state index < -0.39 is 0 Å². The molecule has 0 bridgehead atoms. The highest BCUT2D eigenvalue weighted by atomic mass is 16.2. The van der Waals surface area contributed by atoms with E-state index in [9.17, 15) is 9.59 Å². The third-order valence-electron chi connectivity index (χ3n) is 3.78. The van der Waals surface area contributed by atoms with Gasteiger partial charge in [0.1, 0.15) is 0 Å². The molecule has 26 heavy (non-hydrogen) atoms. The van der Waals surface area contributed by atoms with Crippen molar-refractivity contribution >= 4 is 11.8 Å². The van der Waals surface area contributed by atoms with Gasteiger partial charge in [0.2, 0.25) is 0 Å². The summed E-state index contributed by atoms with van der Waals surface area (Å²) in [5, 5.41) is 5.70. The zero-order valence-corrected chi connectivity index (χ0v) is 14.1. The van der Waals surface area contributed by atoms with Crippen molar-refractivity contribution in [2.45, 2.75) is 13.1 Å². The summed E-state index contributed by atoms with van der Waals surface area (Å²) in [6.45, 7) is 0.853. The summed E-state index contributed by atoms with van der Waals surface area (Å²) in [5.74, 6) is -0.322. The van der Waals surface area contributed by atoms with Crippen molar-refractivity contribution in [2.24, 2.45) is 0 Å². The van der Waals surface area contributed by atoms with Gasteiger partial charge in [-0.1, -0.05) is 24.3 Å². The Kier molecular flexibility index (Phi) is 5.67. The zero-order chi connectivity index (χ0) is 18.2. The maximum absolute atomic E-state index is 12.0. The van der Waals surface area contributed by atoms with Crippen LogP contribution >= 0.6 is 0 Å². The van der Waals surface area contributed by atoms with Gasteiger partial charge in [-0.3, -0.25) is 19.6 Å². The molecule has 0 aliphatic carbocycles. The van der Waals surface area contributed by atoms with E-state index in [1.807, 2.05) is 24.3 Å². The van der Waals surface area contributed by atoms with Crippen molar-refractivity contribution in [1.82, 2.24) is 20.6 Å². The number of hydrogen-bond donors (Lipinski definition) is 2. The van der Waals surface area contributed by atoms with E-state index in [0.29, 0.717) is 24.2 Å². The third kappa shape index (κ3) is 4.73. The molecule has 2 amide bonds. The first kappa shape index (κ1) is 17.3. The first-order valence-corrected chi connectivity index (χ1v) is 8.16. The molecule has 3 aromatic rings. The topological polar surface area (TPSA) is 84.0 Å². The molecule has 0 aliphatic rings. The predicted octanol–water partition coefficient (Wildman–Crippen LogP) is 2.34. The van der Waals surface area contributed by atoms with E-state index in [1.54, 1.807) is 36.7 Å².